The number of carbonyl (C=O) groups is 1. The molecule has 2 rings (SSSR count). The minimum atomic E-state index is -0.392. The van der Waals surface area contributed by atoms with Crippen LogP contribution in [0, 0.1) is 0 Å². The summed E-state index contributed by atoms with van der Waals surface area (Å²) in [6, 6.07) is 3.76. The van der Waals surface area contributed by atoms with Gasteiger partial charge in [-0.3, -0.25) is 0 Å². The van der Waals surface area contributed by atoms with E-state index in [4.69, 9.17) is 4.74 Å². The van der Waals surface area contributed by atoms with Crippen molar-refractivity contribution >= 4 is 23.2 Å². The van der Waals surface area contributed by atoms with Crippen molar-refractivity contribution in [2.75, 3.05) is 0 Å². The highest BCUT2D eigenvalue weighted by atomic mass is 32.1. The van der Waals surface area contributed by atoms with Crippen LogP contribution in [0.25, 0.3) is 0 Å². The lowest BCUT2D eigenvalue weighted by Gasteiger charge is -1.92. The van der Waals surface area contributed by atoms with E-state index in [1.807, 2.05) is 30.5 Å². The molecule has 15 heavy (non-hydrogen) atoms. The number of cyclic esters (lactones) is 1. The molecule has 0 saturated carbocycles. The Hall–Kier alpha value is -1.68. The van der Waals surface area contributed by atoms with Crippen molar-refractivity contribution in [3.63, 3.8) is 0 Å². The normalized spacial score (nSPS) is 18.6. The van der Waals surface area contributed by atoms with Crippen molar-refractivity contribution in [1.82, 2.24) is 0 Å². The molecule has 0 atom stereocenters. The second-order valence-electron chi connectivity index (χ2n) is 2.86. The minimum Gasteiger partial charge on any atom is -0.401 e. The Morgan fingerprint density at radius 1 is 1.53 bits per heavy atom. The van der Waals surface area contributed by atoms with Crippen LogP contribution in [-0.2, 0) is 9.53 Å². The number of hydrogen-bond acceptors (Lipinski definition) is 4. The molecule has 0 amide bonds. The number of hydrogen-bond donors (Lipinski definition) is 0. The zero-order chi connectivity index (χ0) is 10.7. The molecule has 3 nitrogen and oxygen atoms in total. The molecule has 0 aromatic carbocycles. The quantitative estimate of drug-likeness (QED) is 0.566. The van der Waals surface area contributed by atoms with Gasteiger partial charge >= 0.3 is 5.97 Å². The highest BCUT2D eigenvalue weighted by Gasteiger charge is 2.23. The maximum Gasteiger partial charge on any atom is 0.363 e. The van der Waals surface area contributed by atoms with Gasteiger partial charge in [-0.15, -0.1) is 11.3 Å². The van der Waals surface area contributed by atoms with Crippen LogP contribution >= 0.6 is 11.3 Å². The Balaban J connectivity index is 2.28. The predicted octanol–water partition coefficient (Wildman–Crippen LogP) is 2.51. The van der Waals surface area contributed by atoms with Gasteiger partial charge in [0.1, 0.15) is 0 Å². The third-order valence-corrected chi connectivity index (χ3v) is 2.66. The number of carbonyl (C=O) groups excluding carboxylic acids is 1. The van der Waals surface area contributed by atoms with E-state index < -0.39 is 5.97 Å². The molecule has 4 heteroatoms. The van der Waals surface area contributed by atoms with Gasteiger partial charge < -0.3 is 4.74 Å². The van der Waals surface area contributed by atoms with Crippen molar-refractivity contribution in [1.29, 1.82) is 0 Å². The Kier molecular flexibility index (Phi) is 2.78. The molecular formula is C11H9NO2S. The van der Waals surface area contributed by atoms with E-state index in [2.05, 4.69) is 4.99 Å². The average Bonchev–Trinajstić information content (AvgIpc) is 2.83. The summed E-state index contributed by atoms with van der Waals surface area (Å²) >= 11 is 1.49. The highest BCUT2D eigenvalue weighted by Crippen LogP contribution is 2.19. The molecule has 0 spiro atoms. The number of allylic oxidation sites excluding steroid dienone is 3. The SMILES string of the molecule is C/C=C/C=C1\N=C(c2cccs2)OC1=O. The Bertz CT molecular complexity index is 455. The molecule has 0 fully saturated rings. The third kappa shape index (κ3) is 2.05. The first kappa shape index (κ1) is 9.86. The summed E-state index contributed by atoms with van der Waals surface area (Å²) in [6.45, 7) is 1.88. The van der Waals surface area contributed by atoms with Gasteiger partial charge in [0.25, 0.3) is 0 Å². The largest absolute Gasteiger partial charge is 0.401 e. The number of aliphatic imine (C=N–C) groups is 1. The van der Waals surface area contributed by atoms with Crippen LogP contribution in [0.2, 0.25) is 0 Å². The molecular weight excluding hydrogens is 210 g/mol. The molecule has 2 heterocycles. The monoisotopic (exact) mass is 219 g/mol. The van der Waals surface area contributed by atoms with Crippen LogP contribution in [-0.4, -0.2) is 11.9 Å². The summed E-state index contributed by atoms with van der Waals surface area (Å²) in [5.41, 5.74) is 0.344. The molecule has 0 bridgehead atoms. The lowest BCUT2D eigenvalue weighted by atomic mass is 10.4. The molecule has 0 aliphatic carbocycles. The van der Waals surface area contributed by atoms with Crippen LogP contribution in [0.1, 0.15) is 11.8 Å². The maximum absolute atomic E-state index is 11.4. The summed E-state index contributed by atoms with van der Waals surface area (Å²) in [6.07, 6.45) is 5.24. The maximum atomic E-state index is 11.4. The first-order valence-corrected chi connectivity index (χ1v) is 5.37. The number of thiophene rings is 1. The molecule has 0 unspecified atom stereocenters. The molecule has 1 aromatic rings. The van der Waals surface area contributed by atoms with Crippen molar-refractivity contribution in [2.24, 2.45) is 4.99 Å². The first-order chi connectivity index (χ1) is 7.31. The molecule has 0 N–H and O–H groups in total. The van der Waals surface area contributed by atoms with Gasteiger partial charge in [-0.05, 0) is 24.4 Å². The molecule has 76 valence electrons. The van der Waals surface area contributed by atoms with Gasteiger partial charge in [0, 0.05) is 0 Å². The Morgan fingerprint density at radius 2 is 2.40 bits per heavy atom. The lowest BCUT2D eigenvalue weighted by Crippen LogP contribution is -2.03. The predicted molar refractivity (Wildman–Crippen MR) is 59.8 cm³/mol. The second kappa shape index (κ2) is 4.23. The van der Waals surface area contributed by atoms with Gasteiger partial charge in [-0.2, -0.15) is 0 Å². The van der Waals surface area contributed by atoms with Gasteiger partial charge in [-0.1, -0.05) is 18.2 Å². The lowest BCUT2D eigenvalue weighted by molar-refractivity contribution is -0.130. The Morgan fingerprint density at radius 3 is 3.07 bits per heavy atom. The molecule has 1 aliphatic heterocycles. The van der Waals surface area contributed by atoms with Crippen LogP contribution in [0.5, 0.6) is 0 Å². The topological polar surface area (TPSA) is 38.7 Å². The number of nitrogens with zero attached hydrogens (tertiary/aromatic N) is 1. The Labute approximate surface area is 91.4 Å². The fraction of sp³-hybridized carbons (Fsp3) is 0.0909. The smallest absolute Gasteiger partial charge is 0.363 e. The molecule has 0 radical (unpaired) electrons. The summed E-state index contributed by atoms with van der Waals surface area (Å²) in [5.74, 6) is 0.00209. The number of esters is 1. The van der Waals surface area contributed by atoms with Gasteiger partial charge in [0.2, 0.25) is 5.90 Å². The van der Waals surface area contributed by atoms with Crippen LogP contribution < -0.4 is 0 Å². The van der Waals surface area contributed by atoms with E-state index in [-0.39, 0.29) is 0 Å². The fourth-order valence-electron chi connectivity index (χ4n) is 1.12. The summed E-state index contributed by atoms with van der Waals surface area (Å²) in [5, 5.41) is 1.92. The standard InChI is InChI=1S/C11H9NO2S/c1-2-3-5-8-11(13)14-10(12-8)9-6-4-7-15-9/h2-7H,1H3/b3-2+,8-5-. The zero-order valence-electron chi connectivity index (χ0n) is 8.14. The fourth-order valence-corrected chi connectivity index (χ4v) is 1.77. The first-order valence-electron chi connectivity index (χ1n) is 4.49. The number of ether oxygens (including phenoxy) is 1. The van der Waals surface area contributed by atoms with E-state index in [1.54, 1.807) is 12.2 Å². The molecule has 1 aromatic heterocycles. The average molecular weight is 219 g/mol. The van der Waals surface area contributed by atoms with Gasteiger partial charge in [-0.25, -0.2) is 9.79 Å². The van der Waals surface area contributed by atoms with E-state index in [1.165, 1.54) is 11.3 Å². The third-order valence-electron chi connectivity index (χ3n) is 1.80. The van der Waals surface area contributed by atoms with E-state index >= 15 is 0 Å². The summed E-state index contributed by atoms with van der Waals surface area (Å²) in [7, 11) is 0. The van der Waals surface area contributed by atoms with E-state index in [0.29, 0.717) is 11.6 Å². The molecule has 1 aliphatic rings. The van der Waals surface area contributed by atoms with Crippen molar-refractivity contribution < 1.29 is 9.53 Å². The summed E-state index contributed by atoms with van der Waals surface area (Å²) in [4.78, 5) is 16.3. The van der Waals surface area contributed by atoms with Gasteiger partial charge in [0.15, 0.2) is 5.70 Å². The van der Waals surface area contributed by atoms with Crippen LogP contribution in [0.3, 0.4) is 0 Å². The van der Waals surface area contributed by atoms with E-state index in [9.17, 15) is 4.79 Å². The highest BCUT2D eigenvalue weighted by molar-refractivity contribution is 7.12. The second-order valence-corrected chi connectivity index (χ2v) is 3.81. The van der Waals surface area contributed by atoms with Crippen molar-refractivity contribution in [3.8, 4) is 0 Å². The summed E-state index contributed by atoms with van der Waals surface area (Å²) < 4.78 is 5.03. The minimum absolute atomic E-state index is 0.344. The van der Waals surface area contributed by atoms with Crippen molar-refractivity contribution in [2.45, 2.75) is 6.92 Å². The van der Waals surface area contributed by atoms with Crippen LogP contribution in [0.4, 0.5) is 0 Å². The molecule has 0 saturated heterocycles. The van der Waals surface area contributed by atoms with Crippen LogP contribution in [0.15, 0.2) is 46.4 Å². The zero-order valence-corrected chi connectivity index (χ0v) is 8.95. The van der Waals surface area contributed by atoms with Gasteiger partial charge in [0.05, 0.1) is 4.88 Å². The van der Waals surface area contributed by atoms with E-state index in [0.717, 1.165) is 4.88 Å². The number of rotatable bonds is 2. The van der Waals surface area contributed by atoms with Crippen molar-refractivity contribution in [3.05, 3.63) is 46.3 Å².